The molecular weight excluding hydrogens is 357 g/mol. The van der Waals surface area contributed by atoms with Gasteiger partial charge in [-0.25, -0.2) is 4.39 Å². The fourth-order valence-electron chi connectivity index (χ4n) is 2.61. The van der Waals surface area contributed by atoms with Gasteiger partial charge in [-0.1, -0.05) is 29.3 Å². The van der Waals surface area contributed by atoms with Crippen molar-refractivity contribution < 1.29 is 14.0 Å². The van der Waals surface area contributed by atoms with Crippen molar-refractivity contribution in [3.05, 3.63) is 57.9 Å². The van der Waals surface area contributed by atoms with Crippen molar-refractivity contribution in [2.24, 2.45) is 0 Å². The minimum atomic E-state index is -0.548. The second-order valence-corrected chi connectivity index (χ2v) is 6.51. The Morgan fingerprint density at radius 3 is 2.27 bits per heavy atom. The summed E-state index contributed by atoms with van der Waals surface area (Å²) in [7, 11) is 0. The maximum atomic E-state index is 13.6. The maximum absolute atomic E-state index is 13.6. The Bertz CT molecular complexity index is 817. The van der Waals surface area contributed by atoms with E-state index in [2.05, 4.69) is 16.0 Å². The summed E-state index contributed by atoms with van der Waals surface area (Å²) in [5.74, 6) is -1.30. The zero-order chi connectivity index (χ0) is 19.3. The van der Waals surface area contributed by atoms with E-state index in [4.69, 9.17) is 11.6 Å². The van der Waals surface area contributed by atoms with Gasteiger partial charge in [-0.2, -0.15) is 0 Å². The van der Waals surface area contributed by atoms with Crippen molar-refractivity contribution in [2.75, 3.05) is 23.7 Å². The number of amides is 2. The van der Waals surface area contributed by atoms with Gasteiger partial charge in [0.15, 0.2) is 0 Å². The van der Waals surface area contributed by atoms with Crippen molar-refractivity contribution in [1.29, 1.82) is 0 Å². The van der Waals surface area contributed by atoms with Crippen LogP contribution in [0.5, 0.6) is 0 Å². The third kappa shape index (κ3) is 5.46. The number of aryl methyl sites for hydroxylation is 3. The van der Waals surface area contributed by atoms with Gasteiger partial charge in [-0.05, 0) is 50.1 Å². The molecule has 2 amide bonds. The van der Waals surface area contributed by atoms with E-state index in [-0.39, 0.29) is 29.7 Å². The number of hydrogen-bond donors (Lipinski definition) is 3. The van der Waals surface area contributed by atoms with Crippen LogP contribution < -0.4 is 16.0 Å². The zero-order valence-corrected chi connectivity index (χ0v) is 15.6. The summed E-state index contributed by atoms with van der Waals surface area (Å²) < 4.78 is 13.6. The average Bonchev–Trinajstić information content (AvgIpc) is 2.55. The summed E-state index contributed by atoms with van der Waals surface area (Å²) in [5, 5.41) is 8.23. The van der Waals surface area contributed by atoms with Gasteiger partial charge >= 0.3 is 0 Å². The van der Waals surface area contributed by atoms with Crippen molar-refractivity contribution in [3.8, 4) is 0 Å². The summed E-state index contributed by atoms with van der Waals surface area (Å²) >= 11 is 5.67. The van der Waals surface area contributed by atoms with E-state index < -0.39 is 11.7 Å². The van der Waals surface area contributed by atoms with Crippen molar-refractivity contribution in [2.45, 2.75) is 20.8 Å². The molecule has 3 N–H and O–H groups in total. The molecule has 0 saturated heterocycles. The van der Waals surface area contributed by atoms with Crippen LogP contribution in [0, 0.1) is 26.6 Å². The molecule has 5 nitrogen and oxygen atoms in total. The molecule has 0 aliphatic carbocycles. The summed E-state index contributed by atoms with van der Waals surface area (Å²) in [4.78, 5) is 23.9. The molecule has 7 heteroatoms. The van der Waals surface area contributed by atoms with E-state index in [1.54, 1.807) is 0 Å². The van der Waals surface area contributed by atoms with E-state index in [1.807, 2.05) is 32.9 Å². The average molecular weight is 378 g/mol. The zero-order valence-electron chi connectivity index (χ0n) is 14.9. The molecule has 138 valence electrons. The SMILES string of the molecule is Cc1cc(C)c(NC(=O)CNC(=O)CNc2ccc(Cl)cc2F)c(C)c1. The van der Waals surface area contributed by atoms with E-state index >= 15 is 0 Å². The standard InChI is InChI=1S/C19H21ClFN3O2/c1-11-6-12(2)19(13(3)7-11)24-18(26)10-23-17(25)9-22-16-5-4-14(20)8-15(16)21/h4-8,22H,9-10H2,1-3H3,(H,23,25)(H,24,26). The summed E-state index contributed by atoms with van der Waals surface area (Å²) in [6, 6.07) is 8.07. The Morgan fingerprint density at radius 1 is 1.00 bits per heavy atom. The molecule has 0 aliphatic rings. The number of rotatable bonds is 6. The van der Waals surface area contributed by atoms with Crippen LogP contribution in [-0.2, 0) is 9.59 Å². The van der Waals surface area contributed by atoms with Gasteiger partial charge in [-0.3, -0.25) is 9.59 Å². The molecule has 0 heterocycles. The number of anilines is 2. The number of carbonyl (C=O) groups excluding carboxylic acids is 2. The monoisotopic (exact) mass is 377 g/mol. The molecule has 0 radical (unpaired) electrons. The van der Waals surface area contributed by atoms with Crippen LogP contribution in [-0.4, -0.2) is 24.9 Å². The van der Waals surface area contributed by atoms with E-state index in [1.165, 1.54) is 12.1 Å². The van der Waals surface area contributed by atoms with Gasteiger partial charge in [0.2, 0.25) is 11.8 Å². The van der Waals surface area contributed by atoms with E-state index in [9.17, 15) is 14.0 Å². The van der Waals surface area contributed by atoms with E-state index in [0.717, 1.165) is 28.4 Å². The molecule has 0 aromatic heterocycles. The molecule has 2 aromatic carbocycles. The number of benzene rings is 2. The summed E-state index contributed by atoms with van der Waals surface area (Å²) in [6.45, 7) is 5.49. The van der Waals surface area contributed by atoms with Gasteiger partial charge in [0.25, 0.3) is 0 Å². The minimum absolute atomic E-state index is 0.158. The van der Waals surface area contributed by atoms with Crippen molar-refractivity contribution in [1.82, 2.24) is 5.32 Å². The fourth-order valence-corrected chi connectivity index (χ4v) is 2.77. The largest absolute Gasteiger partial charge is 0.374 e. The molecule has 0 aliphatic heterocycles. The second-order valence-electron chi connectivity index (χ2n) is 6.08. The molecule has 0 saturated carbocycles. The van der Waals surface area contributed by atoms with Crippen molar-refractivity contribution >= 4 is 34.8 Å². The van der Waals surface area contributed by atoms with Crippen LogP contribution in [0.1, 0.15) is 16.7 Å². The molecule has 2 rings (SSSR count). The molecule has 2 aromatic rings. The minimum Gasteiger partial charge on any atom is -0.374 e. The molecule has 0 unspecified atom stereocenters. The normalized spacial score (nSPS) is 10.3. The third-order valence-electron chi connectivity index (χ3n) is 3.76. The lowest BCUT2D eigenvalue weighted by Crippen LogP contribution is -2.36. The lowest BCUT2D eigenvalue weighted by Gasteiger charge is -2.13. The number of nitrogens with one attached hydrogen (secondary N) is 3. The fraction of sp³-hybridized carbons (Fsp3) is 0.263. The smallest absolute Gasteiger partial charge is 0.243 e. The number of carbonyl (C=O) groups is 2. The topological polar surface area (TPSA) is 70.2 Å². The van der Waals surface area contributed by atoms with Gasteiger partial charge in [-0.15, -0.1) is 0 Å². The lowest BCUT2D eigenvalue weighted by atomic mass is 10.1. The van der Waals surface area contributed by atoms with Crippen LogP contribution in [0.3, 0.4) is 0 Å². The first kappa shape index (κ1) is 19.7. The van der Waals surface area contributed by atoms with Gasteiger partial charge in [0.1, 0.15) is 5.82 Å². The first-order valence-corrected chi connectivity index (χ1v) is 8.47. The van der Waals surface area contributed by atoms with Crippen LogP contribution in [0.25, 0.3) is 0 Å². The quantitative estimate of drug-likeness (QED) is 0.720. The third-order valence-corrected chi connectivity index (χ3v) is 3.99. The second kappa shape index (κ2) is 8.67. The van der Waals surface area contributed by atoms with Gasteiger partial charge in [0, 0.05) is 10.7 Å². The molecule has 0 fully saturated rings. The highest BCUT2D eigenvalue weighted by Crippen LogP contribution is 2.21. The Hall–Kier alpha value is -2.60. The lowest BCUT2D eigenvalue weighted by molar-refractivity contribution is -0.122. The maximum Gasteiger partial charge on any atom is 0.243 e. The Kier molecular flexibility index (Phi) is 6.58. The summed E-state index contributed by atoms with van der Waals surface area (Å²) in [5.41, 5.74) is 3.95. The highest BCUT2D eigenvalue weighted by molar-refractivity contribution is 6.30. The molecular formula is C19H21ClFN3O2. The highest BCUT2D eigenvalue weighted by Gasteiger charge is 2.10. The van der Waals surface area contributed by atoms with Crippen LogP contribution in [0.15, 0.2) is 30.3 Å². The Morgan fingerprint density at radius 2 is 1.65 bits per heavy atom. The van der Waals surface area contributed by atoms with Crippen LogP contribution in [0.4, 0.5) is 15.8 Å². The number of halogens is 2. The van der Waals surface area contributed by atoms with E-state index in [0.29, 0.717) is 0 Å². The molecule has 0 atom stereocenters. The van der Waals surface area contributed by atoms with Crippen LogP contribution >= 0.6 is 11.6 Å². The predicted molar refractivity (Wildman–Crippen MR) is 102 cm³/mol. The van der Waals surface area contributed by atoms with Crippen LogP contribution in [0.2, 0.25) is 5.02 Å². The molecule has 0 spiro atoms. The van der Waals surface area contributed by atoms with Crippen molar-refractivity contribution in [3.63, 3.8) is 0 Å². The highest BCUT2D eigenvalue weighted by atomic mass is 35.5. The van der Waals surface area contributed by atoms with Gasteiger partial charge < -0.3 is 16.0 Å². The summed E-state index contributed by atoms with van der Waals surface area (Å²) in [6.07, 6.45) is 0. The number of hydrogen-bond acceptors (Lipinski definition) is 3. The Labute approximate surface area is 156 Å². The first-order chi connectivity index (χ1) is 12.3. The van der Waals surface area contributed by atoms with Gasteiger partial charge in [0.05, 0.1) is 18.8 Å². The molecule has 0 bridgehead atoms. The predicted octanol–water partition coefficient (Wildman–Crippen LogP) is 3.57. The Balaban J connectivity index is 1.83. The first-order valence-electron chi connectivity index (χ1n) is 8.09. The molecule has 26 heavy (non-hydrogen) atoms.